The first-order chi connectivity index (χ1) is 12.4. The van der Waals surface area contributed by atoms with Gasteiger partial charge in [-0.25, -0.2) is 4.79 Å². The topological polar surface area (TPSA) is 94.9 Å². The number of aromatic nitrogens is 3. The average molecular weight is 359 g/mol. The van der Waals surface area contributed by atoms with Crippen molar-refractivity contribution >= 4 is 22.8 Å². The highest BCUT2D eigenvalue weighted by Gasteiger charge is 2.18. The smallest absolute Gasteiger partial charge is 0.493 e. The molecule has 1 aromatic carbocycles. The number of imidazole rings is 1. The molecule has 0 fully saturated rings. The van der Waals surface area contributed by atoms with Crippen LogP contribution in [0.4, 0.5) is 4.79 Å². The fourth-order valence-corrected chi connectivity index (χ4v) is 2.58. The number of carbonyl (C=O) groups is 1. The lowest BCUT2D eigenvalue weighted by Crippen LogP contribution is -2.11. The lowest BCUT2D eigenvalue weighted by atomic mass is 10.2. The largest absolute Gasteiger partial charge is 0.515 e. The summed E-state index contributed by atoms with van der Waals surface area (Å²) in [4.78, 5) is 30.8. The van der Waals surface area contributed by atoms with Gasteiger partial charge in [-0.1, -0.05) is 13.8 Å². The van der Waals surface area contributed by atoms with E-state index in [1.807, 2.05) is 6.07 Å². The molecular formula is C18H21N3O5. The molecule has 2 heterocycles. The second-order valence-electron chi connectivity index (χ2n) is 6.28. The average Bonchev–Trinajstić information content (AvgIpc) is 2.91. The van der Waals surface area contributed by atoms with Gasteiger partial charge in [-0.05, 0) is 31.9 Å². The maximum absolute atomic E-state index is 12.3. The molecular weight excluding hydrogens is 338 g/mol. The summed E-state index contributed by atoms with van der Waals surface area (Å²) in [6.45, 7) is 8.29. The summed E-state index contributed by atoms with van der Waals surface area (Å²) in [6, 6.07) is 5.40. The number of nitrogens with zero attached hydrogens (tertiary/aromatic N) is 2. The van der Waals surface area contributed by atoms with Gasteiger partial charge in [-0.3, -0.25) is 9.20 Å². The van der Waals surface area contributed by atoms with Crippen molar-refractivity contribution in [1.82, 2.24) is 14.4 Å². The Labute approximate surface area is 149 Å². The maximum Gasteiger partial charge on any atom is 0.515 e. The zero-order valence-corrected chi connectivity index (χ0v) is 15.2. The predicted octanol–water partition coefficient (Wildman–Crippen LogP) is 3.05. The molecule has 0 aliphatic rings. The molecule has 0 aliphatic heterocycles. The molecule has 0 saturated carbocycles. The Morgan fingerprint density at radius 2 is 2.12 bits per heavy atom. The van der Waals surface area contributed by atoms with Gasteiger partial charge < -0.3 is 19.2 Å². The number of nitrogens with one attached hydrogen (secondary N) is 1. The van der Waals surface area contributed by atoms with Crippen molar-refractivity contribution in [3.05, 3.63) is 34.2 Å². The monoisotopic (exact) mass is 359 g/mol. The zero-order valence-electron chi connectivity index (χ0n) is 15.2. The van der Waals surface area contributed by atoms with Crippen LogP contribution in [0.5, 0.6) is 11.6 Å². The Balaban J connectivity index is 2.13. The third kappa shape index (κ3) is 3.35. The van der Waals surface area contributed by atoms with Gasteiger partial charge in [0, 0.05) is 6.07 Å². The molecule has 0 saturated heterocycles. The van der Waals surface area contributed by atoms with Gasteiger partial charge in [0.25, 0.3) is 5.56 Å². The van der Waals surface area contributed by atoms with E-state index >= 15 is 0 Å². The Hall–Kier alpha value is -3.03. The SMILES string of the molecule is CCOC(=O)Oc1nc2c(=O)[nH]c3ccc(OCC(C)C)cc3n2c1C. The van der Waals surface area contributed by atoms with Gasteiger partial charge in [0.1, 0.15) is 5.75 Å². The molecule has 0 amide bonds. The fourth-order valence-electron chi connectivity index (χ4n) is 2.58. The van der Waals surface area contributed by atoms with Gasteiger partial charge in [0.2, 0.25) is 11.5 Å². The number of ether oxygens (including phenoxy) is 3. The Morgan fingerprint density at radius 1 is 1.35 bits per heavy atom. The van der Waals surface area contributed by atoms with Crippen molar-refractivity contribution in [1.29, 1.82) is 0 Å². The van der Waals surface area contributed by atoms with Gasteiger partial charge in [0.05, 0.1) is 29.9 Å². The van der Waals surface area contributed by atoms with Gasteiger partial charge in [-0.15, -0.1) is 0 Å². The molecule has 138 valence electrons. The quantitative estimate of drug-likeness (QED) is 0.704. The van der Waals surface area contributed by atoms with Crippen LogP contribution in [0.15, 0.2) is 23.0 Å². The number of hydrogen-bond donors (Lipinski definition) is 1. The van der Waals surface area contributed by atoms with Crippen LogP contribution in [-0.4, -0.2) is 33.7 Å². The van der Waals surface area contributed by atoms with Crippen LogP contribution in [0.1, 0.15) is 26.5 Å². The van der Waals surface area contributed by atoms with Crippen molar-refractivity contribution < 1.29 is 19.0 Å². The molecule has 0 radical (unpaired) electrons. The molecule has 2 aromatic heterocycles. The van der Waals surface area contributed by atoms with Crippen LogP contribution >= 0.6 is 0 Å². The molecule has 26 heavy (non-hydrogen) atoms. The van der Waals surface area contributed by atoms with Gasteiger partial charge in [0.15, 0.2) is 0 Å². The second kappa shape index (κ2) is 7.07. The van der Waals surface area contributed by atoms with E-state index in [-0.39, 0.29) is 23.7 Å². The molecule has 8 heteroatoms. The summed E-state index contributed by atoms with van der Waals surface area (Å²) in [5, 5.41) is 0. The molecule has 3 rings (SSSR count). The summed E-state index contributed by atoms with van der Waals surface area (Å²) in [5.41, 5.74) is 1.60. The summed E-state index contributed by atoms with van der Waals surface area (Å²) < 4.78 is 17.3. The Morgan fingerprint density at radius 3 is 2.81 bits per heavy atom. The van der Waals surface area contributed by atoms with Crippen molar-refractivity contribution in [2.45, 2.75) is 27.7 Å². The maximum atomic E-state index is 12.3. The number of hydrogen-bond acceptors (Lipinski definition) is 6. The molecule has 1 N–H and O–H groups in total. The van der Waals surface area contributed by atoms with Gasteiger partial charge in [-0.2, -0.15) is 4.98 Å². The van der Waals surface area contributed by atoms with E-state index in [0.717, 1.165) is 0 Å². The fraction of sp³-hybridized carbons (Fsp3) is 0.389. The van der Waals surface area contributed by atoms with Crippen LogP contribution in [0.25, 0.3) is 16.7 Å². The van der Waals surface area contributed by atoms with E-state index in [9.17, 15) is 9.59 Å². The lowest BCUT2D eigenvalue weighted by Gasteiger charge is -2.10. The minimum absolute atomic E-state index is 0.0370. The number of rotatable bonds is 5. The molecule has 8 nitrogen and oxygen atoms in total. The van der Waals surface area contributed by atoms with Crippen LogP contribution in [0.3, 0.4) is 0 Å². The number of H-pyrrole nitrogens is 1. The second-order valence-corrected chi connectivity index (χ2v) is 6.28. The Kier molecular flexibility index (Phi) is 4.83. The third-order valence-corrected chi connectivity index (χ3v) is 3.75. The van der Waals surface area contributed by atoms with Crippen LogP contribution in [0, 0.1) is 12.8 Å². The minimum Gasteiger partial charge on any atom is -0.493 e. The Bertz CT molecular complexity index is 1020. The van der Waals surface area contributed by atoms with Crippen LogP contribution < -0.4 is 15.0 Å². The molecule has 0 unspecified atom stereocenters. The summed E-state index contributed by atoms with van der Waals surface area (Å²) >= 11 is 0. The van der Waals surface area contributed by atoms with Crippen molar-refractivity contribution in [3.63, 3.8) is 0 Å². The summed E-state index contributed by atoms with van der Waals surface area (Å²) in [6.07, 6.45) is -0.860. The van der Waals surface area contributed by atoms with Crippen molar-refractivity contribution in [2.24, 2.45) is 5.92 Å². The molecule has 3 aromatic rings. The summed E-state index contributed by atoms with van der Waals surface area (Å²) in [5.74, 6) is 1.11. The van der Waals surface area contributed by atoms with Gasteiger partial charge >= 0.3 is 6.16 Å². The van der Waals surface area contributed by atoms with Crippen molar-refractivity contribution in [3.8, 4) is 11.6 Å². The minimum atomic E-state index is -0.860. The highest BCUT2D eigenvalue weighted by molar-refractivity contribution is 5.80. The van der Waals surface area contributed by atoms with E-state index in [1.54, 1.807) is 30.4 Å². The lowest BCUT2D eigenvalue weighted by molar-refractivity contribution is 0.102. The number of aryl methyl sites for hydroxylation is 1. The number of aromatic amines is 1. The van der Waals surface area contributed by atoms with E-state index < -0.39 is 6.16 Å². The van der Waals surface area contributed by atoms with E-state index in [1.165, 1.54) is 0 Å². The number of fused-ring (bicyclic) bond motifs is 3. The molecule has 0 aliphatic carbocycles. The predicted molar refractivity (Wildman–Crippen MR) is 96.0 cm³/mol. The first kappa shape index (κ1) is 17.8. The normalized spacial score (nSPS) is 11.3. The first-order valence-electron chi connectivity index (χ1n) is 8.43. The first-order valence-corrected chi connectivity index (χ1v) is 8.43. The molecule has 0 atom stereocenters. The molecule has 0 bridgehead atoms. The van der Waals surface area contributed by atoms with E-state index in [4.69, 9.17) is 14.2 Å². The van der Waals surface area contributed by atoms with E-state index in [0.29, 0.717) is 35.0 Å². The highest BCUT2D eigenvalue weighted by Crippen LogP contribution is 2.25. The number of carbonyl (C=O) groups excluding carboxylic acids is 1. The van der Waals surface area contributed by atoms with Crippen LogP contribution in [-0.2, 0) is 4.74 Å². The highest BCUT2D eigenvalue weighted by atomic mass is 16.7. The standard InChI is InChI=1S/C18H21N3O5/c1-5-24-18(23)26-17-11(4)21-14-8-12(25-9-10(2)3)6-7-13(14)19-16(22)15(21)20-17/h6-8,10H,5,9H2,1-4H3,(H,19,22). The summed E-state index contributed by atoms with van der Waals surface area (Å²) in [7, 11) is 0. The third-order valence-electron chi connectivity index (χ3n) is 3.75. The zero-order chi connectivity index (χ0) is 18.8. The van der Waals surface area contributed by atoms with Crippen molar-refractivity contribution in [2.75, 3.05) is 13.2 Å². The molecule has 0 spiro atoms. The van der Waals surface area contributed by atoms with E-state index in [2.05, 4.69) is 23.8 Å². The van der Waals surface area contributed by atoms with Crippen LogP contribution in [0.2, 0.25) is 0 Å². The number of benzene rings is 1.